The number of pyridine rings is 1. The average molecular weight is 296 g/mol. The Balaban J connectivity index is 1.56. The summed E-state index contributed by atoms with van der Waals surface area (Å²) in [5, 5.41) is 0. The smallest absolute Gasteiger partial charge is 0.251 e. The van der Waals surface area contributed by atoms with Gasteiger partial charge in [0, 0.05) is 6.21 Å². The SMILES string of the molecule is [C-]1=[N+](c2ccccn2)Cc2c1ccc1c2Cc2ccccc2C1. The van der Waals surface area contributed by atoms with Crippen LogP contribution in [0.25, 0.3) is 0 Å². The van der Waals surface area contributed by atoms with E-state index in [9.17, 15) is 0 Å². The molecule has 0 atom stereocenters. The van der Waals surface area contributed by atoms with Crippen LogP contribution in [0.4, 0.5) is 5.82 Å². The molecule has 0 amide bonds. The lowest BCUT2D eigenvalue weighted by atomic mass is 9.83. The van der Waals surface area contributed by atoms with Crippen LogP contribution in [0.3, 0.4) is 0 Å². The molecule has 0 fully saturated rings. The lowest BCUT2D eigenvalue weighted by molar-refractivity contribution is -0.451. The quantitative estimate of drug-likeness (QED) is 0.386. The highest BCUT2D eigenvalue weighted by Gasteiger charge is 2.21. The highest BCUT2D eigenvalue weighted by atomic mass is 15.1. The number of rotatable bonds is 1. The molecule has 0 unspecified atom stereocenters. The molecule has 1 aromatic heterocycles. The molecule has 1 aliphatic heterocycles. The molecule has 0 bridgehead atoms. The van der Waals surface area contributed by atoms with Crippen molar-refractivity contribution in [1.82, 2.24) is 4.98 Å². The Morgan fingerprint density at radius 1 is 0.783 bits per heavy atom. The summed E-state index contributed by atoms with van der Waals surface area (Å²) in [6.07, 6.45) is 7.41. The van der Waals surface area contributed by atoms with Gasteiger partial charge in [-0.1, -0.05) is 52.0 Å². The maximum atomic E-state index is 4.46. The molecule has 2 heteroatoms. The number of hydrogen-bond donors (Lipinski definition) is 0. The van der Waals surface area contributed by atoms with Gasteiger partial charge in [0.25, 0.3) is 5.82 Å². The molecule has 0 radical (unpaired) electrons. The fourth-order valence-electron chi connectivity index (χ4n) is 3.71. The molecule has 0 saturated carbocycles. The lowest BCUT2D eigenvalue weighted by Crippen LogP contribution is -2.11. The van der Waals surface area contributed by atoms with Gasteiger partial charge in [0.2, 0.25) is 0 Å². The predicted molar refractivity (Wildman–Crippen MR) is 90.5 cm³/mol. The molecule has 1 aliphatic carbocycles. The second kappa shape index (κ2) is 4.88. The minimum atomic E-state index is 0.873. The second-order valence-electron chi connectivity index (χ2n) is 6.24. The minimum Gasteiger partial charge on any atom is -0.312 e. The Hall–Kier alpha value is -2.74. The van der Waals surface area contributed by atoms with Crippen molar-refractivity contribution in [3.63, 3.8) is 0 Å². The zero-order valence-electron chi connectivity index (χ0n) is 12.8. The molecule has 110 valence electrons. The minimum absolute atomic E-state index is 0.873. The zero-order chi connectivity index (χ0) is 15.2. The van der Waals surface area contributed by atoms with E-state index in [0.717, 1.165) is 25.2 Å². The van der Waals surface area contributed by atoms with E-state index in [4.69, 9.17) is 0 Å². The normalized spacial score (nSPS) is 14.7. The summed E-state index contributed by atoms with van der Waals surface area (Å²) in [6, 6.07) is 19.3. The van der Waals surface area contributed by atoms with Crippen molar-refractivity contribution in [1.29, 1.82) is 0 Å². The van der Waals surface area contributed by atoms with Crippen molar-refractivity contribution in [3.8, 4) is 0 Å². The highest BCUT2D eigenvalue weighted by molar-refractivity contribution is 5.82. The van der Waals surface area contributed by atoms with E-state index in [1.165, 1.54) is 33.4 Å². The molecular weight excluding hydrogens is 280 g/mol. The lowest BCUT2D eigenvalue weighted by Gasteiger charge is -2.24. The van der Waals surface area contributed by atoms with Crippen LogP contribution in [0.15, 0.2) is 60.8 Å². The molecule has 0 saturated heterocycles. The number of hydrogen-bond acceptors (Lipinski definition) is 1. The van der Waals surface area contributed by atoms with Gasteiger partial charge in [-0.25, -0.2) is 0 Å². The Bertz CT molecular complexity index is 939. The van der Waals surface area contributed by atoms with Crippen molar-refractivity contribution < 1.29 is 4.58 Å². The van der Waals surface area contributed by atoms with Crippen molar-refractivity contribution in [2.24, 2.45) is 0 Å². The maximum absolute atomic E-state index is 4.46. The van der Waals surface area contributed by atoms with Gasteiger partial charge in [0.1, 0.15) is 6.20 Å². The Labute approximate surface area is 135 Å². The van der Waals surface area contributed by atoms with Crippen molar-refractivity contribution in [2.45, 2.75) is 19.4 Å². The van der Waals surface area contributed by atoms with Gasteiger partial charge in [-0.15, -0.1) is 17.7 Å². The van der Waals surface area contributed by atoms with E-state index in [1.807, 2.05) is 24.4 Å². The summed E-state index contributed by atoms with van der Waals surface area (Å²) in [5.41, 5.74) is 8.52. The molecule has 2 aliphatic rings. The van der Waals surface area contributed by atoms with Crippen LogP contribution < -0.4 is 0 Å². The topological polar surface area (TPSA) is 15.9 Å². The summed E-state index contributed by atoms with van der Waals surface area (Å²) >= 11 is 0. The largest absolute Gasteiger partial charge is 0.312 e. The highest BCUT2D eigenvalue weighted by Crippen LogP contribution is 2.33. The zero-order valence-corrected chi connectivity index (χ0v) is 12.8. The summed E-state index contributed by atoms with van der Waals surface area (Å²) in [6.45, 7) is 0.873. The first kappa shape index (κ1) is 12.8. The van der Waals surface area contributed by atoms with Crippen LogP contribution >= 0.6 is 0 Å². The molecule has 0 spiro atoms. The number of aromatic nitrogens is 1. The third kappa shape index (κ3) is 2.02. The Morgan fingerprint density at radius 3 is 2.43 bits per heavy atom. The van der Waals surface area contributed by atoms with E-state index in [2.05, 4.69) is 52.2 Å². The first-order chi connectivity index (χ1) is 11.4. The van der Waals surface area contributed by atoms with Crippen LogP contribution in [0.2, 0.25) is 0 Å². The van der Waals surface area contributed by atoms with Crippen LogP contribution in [-0.2, 0) is 19.4 Å². The number of nitrogens with zero attached hydrogens (tertiary/aromatic N) is 2. The van der Waals surface area contributed by atoms with E-state index in [1.54, 1.807) is 0 Å². The van der Waals surface area contributed by atoms with E-state index in [-0.39, 0.29) is 0 Å². The summed E-state index contributed by atoms with van der Waals surface area (Å²) in [5.74, 6) is 0.966. The fourth-order valence-corrected chi connectivity index (χ4v) is 3.71. The molecule has 3 aromatic rings. The molecule has 5 rings (SSSR count). The maximum Gasteiger partial charge on any atom is 0.251 e. The van der Waals surface area contributed by atoms with Gasteiger partial charge in [0.05, 0.1) is 6.54 Å². The van der Waals surface area contributed by atoms with Crippen molar-refractivity contribution in [3.05, 3.63) is 94.2 Å². The Kier molecular flexibility index (Phi) is 2.71. The van der Waals surface area contributed by atoms with E-state index < -0.39 is 0 Å². The van der Waals surface area contributed by atoms with E-state index >= 15 is 0 Å². The van der Waals surface area contributed by atoms with Gasteiger partial charge >= 0.3 is 0 Å². The standard InChI is InChI=1S/C21H16N2/c1-2-6-16-12-19-17(11-15(16)5-1)8-9-18-13-23(14-20(18)19)21-7-3-4-10-22-21/h1-10H,11-12,14H2. The van der Waals surface area contributed by atoms with Gasteiger partial charge in [-0.2, -0.15) is 0 Å². The Morgan fingerprint density at radius 2 is 1.61 bits per heavy atom. The summed E-state index contributed by atoms with van der Waals surface area (Å²) in [4.78, 5) is 4.46. The monoisotopic (exact) mass is 296 g/mol. The van der Waals surface area contributed by atoms with Gasteiger partial charge < -0.3 is 4.58 Å². The van der Waals surface area contributed by atoms with Crippen LogP contribution in [-0.4, -0.2) is 15.8 Å². The average Bonchev–Trinajstić information content (AvgIpc) is 3.05. The van der Waals surface area contributed by atoms with Crippen LogP contribution in [0, 0.1) is 0 Å². The fraction of sp³-hybridized carbons (Fsp3) is 0.143. The molecule has 0 N–H and O–H groups in total. The molecule has 2 nitrogen and oxygen atoms in total. The van der Waals surface area contributed by atoms with Crippen molar-refractivity contribution >= 4 is 12.0 Å². The predicted octanol–water partition coefficient (Wildman–Crippen LogP) is 3.73. The second-order valence-corrected chi connectivity index (χ2v) is 6.24. The van der Waals surface area contributed by atoms with Gasteiger partial charge in [-0.05, 0) is 36.1 Å². The number of fused-ring (bicyclic) bond motifs is 4. The van der Waals surface area contributed by atoms with Gasteiger partial charge in [0.15, 0.2) is 0 Å². The van der Waals surface area contributed by atoms with Crippen molar-refractivity contribution in [2.75, 3.05) is 0 Å². The third-order valence-corrected chi connectivity index (χ3v) is 4.89. The first-order valence-electron chi connectivity index (χ1n) is 8.04. The van der Waals surface area contributed by atoms with E-state index in [0.29, 0.717) is 0 Å². The molecular formula is C21H16N2. The molecule has 23 heavy (non-hydrogen) atoms. The van der Waals surface area contributed by atoms with Gasteiger partial charge in [-0.3, -0.25) is 0 Å². The van der Waals surface area contributed by atoms with Crippen LogP contribution in [0.1, 0.15) is 33.4 Å². The third-order valence-electron chi connectivity index (χ3n) is 4.89. The number of benzene rings is 2. The summed E-state index contributed by atoms with van der Waals surface area (Å²) < 4.78 is 2.13. The van der Waals surface area contributed by atoms with Crippen LogP contribution in [0.5, 0.6) is 0 Å². The summed E-state index contributed by atoms with van der Waals surface area (Å²) in [7, 11) is 0. The molecule has 2 heterocycles. The molecule has 2 aromatic carbocycles. The first-order valence-corrected chi connectivity index (χ1v) is 8.04.